The van der Waals surface area contributed by atoms with E-state index in [9.17, 15) is 4.79 Å². The molecule has 6 nitrogen and oxygen atoms in total. The maximum absolute atomic E-state index is 12.1. The molecular weight excluding hydrogens is 328 g/mol. The van der Waals surface area contributed by atoms with Gasteiger partial charge in [0.15, 0.2) is 5.82 Å². The summed E-state index contributed by atoms with van der Waals surface area (Å²) in [5, 5.41) is 10.3. The molecule has 1 amide bonds. The van der Waals surface area contributed by atoms with Gasteiger partial charge in [-0.3, -0.25) is 4.79 Å². The predicted molar refractivity (Wildman–Crippen MR) is 92.2 cm³/mol. The molecule has 2 N–H and O–H groups in total. The second-order valence-corrected chi connectivity index (χ2v) is 5.56. The molecule has 0 aliphatic heterocycles. The van der Waals surface area contributed by atoms with E-state index in [1.54, 1.807) is 31.3 Å². The van der Waals surface area contributed by atoms with Gasteiger partial charge in [-0.05, 0) is 30.7 Å². The van der Waals surface area contributed by atoms with Crippen LogP contribution in [0.15, 0.2) is 53.2 Å². The zero-order chi connectivity index (χ0) is 16.9. The fraction of sp³-hybridized carbons (Fsp3) is 0.118. The quantitative estimate of drug-likeness (QED) is 0.735. The Kier molecular flexibility index (Phi) is 4.77. The van der Waals surface area contributed by atoms with Crippen LogP contribution in [0.25, 0.3) is 0 Å². The van der Waals surface area contributed by atoms with E-state index in [4.69, 9.17) is 16.1 Å². The van der Waals surface area contributed by atoms with Crippen LogP contribution in [-0.4, -0.2) is 16.0 Å². The van der Waals surface area contributed by atoms with Crippen molar-refractivity contribution in [2.75, 3.05) is 10.6 Å². The molecule has 0 aliphatic rings. The minimum Gasteiger partial charge on any atom is -0.380 e. The Labute approximate surface area is 143 Å². The summed E-state index contributed by atoms with van der Waals surface area (Å²) in [6.07, 6.45) is 1.60. The highest BCUT2D eigenvalue weighted by Gasteiger charge is 2.10. The van der Waals surface area contributed by atoms with Crippen LogP contribution in [0.5, 0.6) is 0 Å². The molecule has 122 valence electrons. The molecule has 0 atom stereocenters. The number of anilines is 2. The summed E-state index contributed by atoms with van der Waals surface area (Å²) in [5.41, 5.74) is 2.07. The molecule has 0 aliphatic carbocycles. The summed E-state index contributed by atoms with van der Waals surface area (Å²) in [7, 11) is 0. The van der Waals surface area contributed by atoms with Crippen LogP contribution in [0.1, 0.15) is 21.8 Å². The van der Waals surface area contributed by atoms with Gasteiger partial charge < -0.3 is 15.2 Å². The number of pyridine rings is 1. The summed E-state index contributed by atoms with van der Waals surface area (Å²) in [6.45, 7) is 2.32. The third kappa shape index (κ3) is 3.91. The van der Waals surface area contributed by atoms with Crippen LogP contribution >= 0.6 is 11.6 Å². The van der Waals surface area contributed by atoms with Crippen LogP contribution in [0.2, 0.25) is 5.02 Å². The van der Waals surface area contributed by atoms with Crippen molar-refractivity contribution < 1.29 is 9.32 Å². The van der Waals surface area contributed by atoms with Crippen molar-refractivity contribution in [1.82, 2.24) is 10.1 Å². The summed E-state index contributed by atoms with van der Waals surface area (Å²) in [5.74, 6) is 0.638. The molecule has 0 unspecified atom stereocenters. The monoisotopic (exact) mass is 342 g/mol. The Morgan fingerprint density at radius 1 is 1.25 bits per heavy atom. The minimum atomic E-state index is -0.346. The summed E-state index contributed by atoms with van der Waals surface area (Å²) in [4.78, 5) is 16.2. The molecule has 1 aromatic carbocycles. The van der Waals surface area contributed by atoms with E-state index in [1.807, 2.05) is 24.3 Å². The first-order valence-electron chi connectivity index (χ1n) is 7.30. The lowest BCUT2D eigenvalue weighted by Crippen LogP contribution is -2.14. The van der Waals surface area contributed by atoms with Crippen LogP contribution in [0, 0.1) is 6.92 Å². The first kappa shape index (κ1) is 16.0. The lowest BCUT2D eigenvalue weighted by molar-refractivity contribution is 0.102. The molecule has 0 fully saturated rings. The number of carbonyl (C=O) groups excluding carboxylic acids is 1. The van der Waals surface area contributed by atoms with Gasteiger partial charge in [-0.25, -0.2) is 4.98 Å². The van der Waals surface area contributed by atoms with Crippen molar-refractivity contribution >= 4 is 29.0 Å². The molecule has 0 radical (unpaired) electrons. The minimum absolute atomic E-state index is 0.291. The molecule has 2 heterocycles. The first-order valence-corrected chi connectivity index (χ1v) is 7.67. The van der Waals surface area contributed by atoms with Gasteiger partial charge in [-0.2, -0.15) is 0 Å². The fourth-order valence-electron chi connectivity index (χ4n) is 2.08. The van der Waals surface area contributed by atoms with E-state index in [0.717, 1.165) is 11.3 Å². The standard InChI is InChI=1S/C17H15ClN4O2/c1-11-8-16(22-24-11)21-17(23)15-7-6-13(10-20-15)19-9-12-4-2-3-5-14(12)18/h2-8,10,19H,9H2,1H3,(H,21,22,23). The van der Waals surface area contributed by atoms with Gasteiger partial charge in [0.05, 0.1) is 11.9 Å². The number of aryl methyl sites for hydroxylation is 1. The van der Waals surface area contributed by atoms with Gasteiger partial charge in [0.2, 0.25) is 0 Å². The molecule has 3 rings (SSSR count). The number of benzene rings is 1. The lowest BCUT2D eigenvalue weighted by Gasteiger charge is -2.08. The average molecular weight is 343 g/mol. The van der Waals surface area contributed by atoms with E-state index >= 15 is 0 Å². The van der Waals surface area contributed by atoms with Crippen molar-refractivity contribution in [1.29, 1.82) is 0 Å². The van der Waals surface area contributed by atoms with Crippen molar-refractivity contribution in [2.24, 2.45) is 0 Å². The topological polar surface area (TPSA) is 80.0 Å². The van der Waals surface area contributed by atoms with Crippen LogP contribution in [0.4, 0.5) is 11.5 Å². The molecule has 24 heavy (non-hydrogen) atoms. The number of hydrogen-bond acceptors (Lipinski definition) is 5. The third-order valence-electron chi connectivity index (χ3n) is 3.31. The Bertz CT molecular complexity index is 846. The highest BCUT2D eigenvalue weighted by atomic mass is 35.5. The van der Waals surface area contributed by atoms with Gasteiger partial charge >= 0.3 is 0 Å². The number of aromatic nitrogens is 2. The molecular formula is C17H15ClN4O2. The molecule has 0 saturated carbocycles. The molecule has 0 bridgehead atoms. The number of halogens is 1. The number of hydrogen-bond donors (Lipinski definition) is 2. The first-order chi connectivity index (χ1) is 11.6. The Balaban J connectivity index is 1.60. The maximum atomic E-state index is 12.1. The fourth-order valence-corrected chi connectivity index (χ4v) is 2.28. The summed E-state index contributed by atoms with van der Waals surface area (Å²) < 4.78 is 4.90. The zero-order valence-corrected chi connectivity index (χ0v) is 13.7. The Morgan fingerprint density at radius 3 is 2.75 bits per heavy atom. The second kappa shape index (κ2) is 7.14. The van der Waals surface area contributed by atoms with Crippen molar-refractivity contribution in [3.8, 4) is 0 Å². The number of nitrogens with one attached hydrogen (secondary N) is 2. The van der Waals surface area contributed by atoms with Crippen molar-refractivity contribution in [3.05, 3.63) is 70.7 Å². The van der Waals surface area contributed by atoms with E-state index in [1.165, 1.54) is 0 Å². The predicted octanol–water partition coefficient (Wildman–Crippen LogP) is 3.90. The van der Waals surface area contributed by atoms with Gasteiger partial charge in [0.1, 0.15) is 11.5 Å². The maximum Gasteiger partial charge on any atom is 0.275 e. The van der Waals surface area contributed by atoms with Crippen LogP contribution in [-0.2, 0) is 6.54 Å². The normalized spacial score (nSPS) is 10.4. The van der Waals surface area contributed by atoms with Gasteiger partial charge in [0, 0.05) is 17.6 Å². The van der Waals surface area contributed by atoms with E-state index in [-0.39, 0.29) is 5.91 Å². The highest BCUT2D eigenvalue weighted by molar-refractivity contribution is 6.31. The molecule has 3 aromatic rings. The third-order valence-corrected chi connectivity index (χ3v) is 3.68. The molecule has 0 spiro atoms. The molecule has 2 aromatic heterocycles. The van der Waals surface area contributed by atoms with Crippen molar-refractivity contribution in [2.45, 2.75) is 13.5 Å². The van der Waals surface area contributed by atoms with Gasteiger partial charge in [-0.1, -0.05) is 35.0 Å². The number of carbonyl (C=O) groups is 1. The van der Waals surface area contributed by atoms with Gasteiger partial charge in [0.25, 0.3) is 5.91 Å². The highest BCUT2D eigenvalue weighted by Crippen LogP contribution is 2.17. The number of nitrogens with zero attached hydrogens (tertiary/aromatic N) is 2. The number of rotatable bonds is 5. The smallest absolute Gasteiger partial charge is 0.275 e. The number of amides is 1. The van der Waals surface area contributed by atoms with Crippen molar-refractivity contribution in [3.63, 3.8) is 0 Å². The van der Waals surface area contributed by atoms with E-state index < -0.39 is 0 Å². The lowest BCUT2D eigenvalue weighted by atomic mass is 10.2. The molecule has 0 saturated heterocycles. The second-order valence-electron chi connectivity index (χ2n) is 5.15. The summed E-state index contributed by atoms with van der Waals surface area (Å²) in [6, 6.07) is 12.7. The molecule has 7 heteroatoms. The average Bonchev–Trinajstić information content (AvgIpc) is 2.99. The SMILES string of the molecule is Cc1cc(NC(=O)c2ccc(NCc3ccccc3Cl)cn2)no1. The van der Waals surface area contributed by atoms with Crippen LogP contribution < -0.4 is 10.6 Å². The van der Waals surface area contributed by atoms with E-state index in [2.05, 4.69) is 20.8 Å². The van der Waals surface area contributed by atoms with E-state index in [0.29, 0.717) is 28.8 Å². The Morgan fingerprint density at radius 2 is 2.08 bits per heavy atom. The largest absolute Gasteiger partial charge is 0.380 e. The Hall–Kier alpha value is -2.86. The summed E-state index contributed by atoms with van der Waals surface area (Å²) >= 11 is 6.11. The van der Waals surface area contributed by atoms with Gasteiger partial charge in [-0.15, -0.1) is 0 Å². The van der Waals surface area contributed by atoms with Crippen LogP contribution in [0.3, 0.4) is 0 Å². The zero-order valence-electron chi connectivity index (χ0n) is 12.9.